The van der Waals surface area contributed by atoms with E-state index in [0.717, 1.165) is 37.3 Å². The van der Waals surface area contributed by atoms with Gasteiger partial charge in [-0.05, 0) is 66.8 Å². The van der Waals surface area contributed by atoms with Crippen LogP contribution in [0.15, 0.2) is 54.6 Å². The Kier molecular flexibility index (Phi) is 8.01. The van der Waals surface area contributed by atoms with Gasteiger partial charge in [0, 0.05) is 6.54 Å². The zero-order chi connectivity index (χ0) is 17.3. The fourth-order valence-electron chi connectivity index (χ4n) is 2.42. The van der Waals surface area contributed by atoms with Gasteiger partial charge in [-0.25, -0.2) is 0 Å². The molecule has 2 aromatic carbocycles. The Bertz CT molecular complexity index is 780. The third-order valence-electron chi connectivity index (χ3n) is 3.66. The SMILES string of the molecule is CNCCCNCc1cccc(Oc2nnnn2-c2ccccc2)c1.[Cl-]. The lowest BCUT2D eigenvalue weighted by molar-refractivity contribution is -0.00000597. The third kappa shape index (κ3) is 5.52. The predicted octanol–water partition coefficient (Wildman–Crippen LogP) is -0.842. The van der Waals surface area contributed by atoms with Gasteiger partial charge in [0.2, 0.25) is 0 Å². The minimum Gasteiger partial charge on any atom is -1.00 e. The molecule has 0 aliphatic carbocycles. The molecule has 0 atom stereocenters. The second kappa shape index (κ2) is 10.5. The van der Waals surface area contributed by atoms with Gasteiger partial charge in [0.15, 0.2) is 0 Å². The molecule has 7 nitrogen and oxygen atoms in total. The Hall–Kier alpha value is -2.48. The molecule has 0 amide bonds. The van der Waals surface area contributed by atoms with Gasteiger partial charge in [0.05, 0.1) is 5.69 Å². The second-order valence-electron chi connectivity index (χ2n) is 5.59. The number of rotatable bonds is 9. The van der Waals surface area contributed by atoms with Crippen LogP contribution in [0.1, 0.15) is 12.0 Å². The monoisotopic (exact) mass is 373 g/mol. The van der Waals surface area contributed by atoms with Crippen molar-refractivity contribution in [2.24, 2.45) is 0 Å². The van der Waals surface area contributed by atoms with Crippen LogP contribution in [0.4, 0.5) is 0 Å². The molecule has 138 valence electrons. The van der Waals surface area contributed by atoms with Gasteiger partial charge in [-0.1, -0.05) is 35.4 Å². The number of para-hydroxylation sites is 1. The molecule has 2 N–H and O–H groups in total. The third-order valence-corrected chi connectivity index (χ3v) is 3.66. The minimum absolute atomic E-state index is 0. The van der Waals surface area contributed by atoms with Crippen LogP contribution >= 0.6 is 0 Å². The molecule has 0 spiro atoms. The number of benzene rings is 2. The lowest BCUT2D eigenvalue weighted by atomic mass is 10.2. The highest BCUT2D eigenvalue weighted by Crippen LogP contribution is 2.21. The summed E-state index contributed by atoms with van der Waals surface area (Å²) in [4.78, 5) is 0. The van der Waals surface area contributed by atoms with E-state index in [1.165, 1.54) is 0 Å². The number of halogens is 1. The zero-order valence-corrected chi connectivity index (χ0v) is 15.4. The van der Waals surface area contributed by atoms with E-state index >= 15 is 0 Å². The summed E-state index contributed by atoms with van der Waals surface area (Å²) in [6.07, 6.45) is 1.10. The quantitative estimate of drug-likeness (QED) is 0.476. The van der Waals surface area contributed by atoms with Gasteiger partial charge in [-0.15, -0.1) is 0 Å². The van der Waals surface area contributed by atoms with Crippen LogP contribution in [0.2, 0.25) is 0 Å². The summed E-state index contributed by atoms with van der Waals surface area (Å²) in [6, 6.07) is 17.9. The van der Waals surface area contributed by atoms with Crippen molar-refractivity contribution in [2.45, 2.75) is 13.0 Å². The fraction of sp³-hybridized carbons (Fsp3) is 0.278. The number of nitrogens with zero attached hydrogens (tertiary/aromatic N) is 4. The second-order valence-corrected chi connectivity index (χ2v) is 5.59. The summed E-state index contributed by atoms with van der Waals surface area (Å²) >= 11 is 0. The Morgan fingerprint density at radius 1 is 1.04 bits per heavy atom. The predicted molar refractivity (Wildman–Crippen MR) is 95.9 cm³/mol. The van der Waals surface area contributed by atoms with Gasteiger partial charge >= 0.3 is 6.01 Å². The number of aromatic nitrogens is 4. The van der Waals surface area contributed by atoms with Gasteiger partial charge in [0.25, 0.3) is 0 Å². The van der Waals surface area contributed by atoms with Crippen molar-refractivity contribution in [3.63, 3.8) is 0 Å². The van der Waals surface area contributed by atoms with Crippen LogP contribution in [0.5, 0.6) is 11.8 Å². The molecule has 0 fully saturated rings. The van der Waals surface area contributed by atoms with Gasteiger partial charge in [0.1, 0.15) is 5.75 Å². The maximum Gasteiger partial charge on any atom is 0.345 e. The van der Waals surface area contributed by atoms with E-state index in [2.05, 4.69) is 32.2 Å². The first kappa shape index (κ1) is 19.8. The van der Waals surface area contributed by atoms with E-state index in [9.17, 15) is 0 Å². The molecule has 3 rings (SSSR count). The molecule has 8 heteroatoms. The van der Waals surface area contributed by atoms with Crippen LogP contribution in [-0.2, 0) is 6.54 Å². The number of nitrogens with one attached hydrogen (secondary N) is 2. The summed E-state index contributed by atoms with van der Waals surface area (Å²) in [6.45, 7) is 2.78. The molecule has 0 bridgehead atoms. The number of hydrogen-bond acceptors (Lipinski definition) is 6. The molecule has 0 saturated carbocycles. The molecule has 0 saturated heterocycles. The molecule has 0 unspecified atom stereocenters. The lowest BCUT2D eigenvalue weighted by Crippen LogP contribution is -3.00. The van der Waals surface area contributed by atoms with Crippen molar-refractivity contribution in [3.05, 3.63) is 60.2 Å². The Morgan fingerprint density at radius 2 is 1.88 bits per heavy atom. The molecule has 0 aliphatic rings. The smallest absolute Gasteiger partial charge is 0.345 e. The number of tetrazole rings is 1. The minimum atomic E-state index is 0. The van der Waals surface area contributed by atoms with Crippen LogP contribution in [0.25, 0.3) is 5.69 Å². The number of ether oxygens (including phenoxy) is 1. The highest BCUT2D eigenvalue weighted by molar-refractivity contribution is 5.34. The average Bonchev–Trinajstić information content (AvgIpc) is 3.11. The van der Waals surface area contributed by atoms with Crippen LogP contribution < -0.4 is 27.8 Å². The van der Waals surface area contributed by atoms with Crippen molar-refractivity contribution in [1.29, 1.82) is 0 Å². The fourth-order valence-corrected chi connectivity index (χ4v) is 2.42. The van der Waals surface area contributed by atoms with E-state index in [-0.39, 0.29) is 12.4 Å². The Morgan fingerprint density at radius 3 is 2.69 bits per heavy atom. The topological polar surface area (TPSA) is 76.9 Å². The largest absolute Gasteiger partial charge is 1.00 e. The first-order valence-electron chi connectivity index (χ1n) is 8.33. The summed E-state index contributed by atoms with van der Waals surface area (Å²) in [5, 5.41) is 18.2. The molecule has 1 aromatic heterocycles. The molecular formula is C18H22ClN6O-. The Balaban J connectivity index is 0.00000243. The summed E-state index contributed by atoms with van der Waals surface area (Å²) in [7, 11) is 1.96. The van der Waals surface area contributed by atoms with E-state index in [1.54, 1.807) is 4.68 Å². The molecule has 0 aliphatic heterocycles. The zero-order valence-electron chi connectivity index (χ0n) is 14.6. The summed E-state index contributed by atoms with van der Waals surface area (Å²) < 4.78 is 7.45. The lowest BCUT2D eigenvalue weighted by Gasteiger charge is -2.08. The van der Waals surface area contributed by atoms with Crippen LogP contribution in [0, 0.1) is 0 Å². The summed E-state index contributed by atoms with van der Waals surface area (Å²) in [5.41, 5.74) is 2.01. The van der Waals surface area contributed by atoms with Crippen molar-refractivity contribution >= 4 is 0 Å². The first-order chi connectivity index (χ1) is 12.4. The Labute approximate surface area is 159 Å². The summed E-state index contributed by atoms with van der Waals surface area (Å²) in [5.74, 6) is 0.710. The molecule has 1 heterocycles. The van der Waals surface area contributed by atoms with Gasteiger partial charge in [-0.2, -0.15) is 4.68 Å². The van der Waals surface area contributed by atoms with Gasteiger partial charge in [-0.3, -0.25) is 0 Å². The van der Waals surface area contributed by atoms with Crippen molar-refractivity contribution < 1.29 is 17.1 Å². The van der Waals surface area contributed by atoms with Crippen LogP contribution in [0.3, 0.4) is 0 Å². The molecule has 0 radical (unpaired) electrons. The maximum atomic E-state index is 5.88. The van der Waals surface area contributed by atoms with Crippen molar-refractivity contribution in [1.82, 2.24) is 30.8 Å². The molecule has 3 aromatic rings. The first-order valence-corrected chi connectivity index (χ1v) is 8.33. The maximum absolute atomic E-state index is 5.88. The molecular weight excluding hydrogens is 352 g/mol. The van der Waals surface area contributed by atoms with E-state index < -0.39 is 0 Å². The average molecular weight is 374 g/mol. The van der Waals surface area contributed by atoms with Crippen molar-refractivity contribution in [2.75, 3.05) is 20.1 Å². The normalized spacial score (nSPS) is 10.3. The molecule has 26 heavy (non-hydrogen) atoms. The van der Waals surface area contributed by atoms with Crippen LogP contribution in [-0.4, -0.2) is 40.3 Å². The number of hydrogen-bond donors (Lipinski definition) is 2. The van der Waals surface area contributed by atoms with E-state index in [1.807, 2.05) is 55.6 Å². The highest BCUT2D eigenvalue weighted by Gasteiger charge is 2.10. The standard InChI is InChI=1S/C18H22N6O.ClH/c1-19-11-6-12-20-14-15-7-5-10-17(13-15)25-18-21-22-23-24(18)16-8-3-2-4-9-16;/h2-5,7-10,13,19-20H,6,11-12,14H2,1H3;1H/p-1. The van der Waals surface area contributed by atoms with Crippen molar-refractivity contribution in [3.8, 4) is 17.4 Å². The highest BCUT2D eigenvalue weighted by atomic mass is 35.5. The van der Waals surface area contributed by atoms with Gasteiger partial charge < -0.3 is 27.8 Å². The van der Waals surface area contributed by atoms with E-state index in [4.69, 9.17) is 4.74 Å². The van der Waals surface area contributed by atoms with E-state index in [0.29, 0.717) is 11.8 Å².